The number of nitrogens with zero attached hydrogens (tertiary/aromatic N) is 14. The van der Waals surface area contributed by atoms with E-state index in [1.807, 2.05) is 104 Å². The van der Waals surface area contributed by atoms with Gasteiger partial charge in [-0.2, -0.15) is 73.1 Å². The van der Waals surface area contributed by atoms with Crippen LogP contribution >= 0.6 is 11.6 Å². The number of hydrogen-bond donors (Lipinski definition) is 8. The number of anilines is 8. The molecule has 10 heterocycles. The average molecular weight is 1710 g/mol. The molecule has 0 saturated heterocycles. The fourth-order valence-corrected chi connectivity index (χ4v) is 13.5. The van der Waals surface area contributed by atoms with Crippen molar-refractivity contribution in [3.8, 4) is 79.5 Å². The van der Waals surface area contributed by atoms with Gasteiger partial charge < -0.3 is 21.3 Å². The third-order valence-electron chi connectivity index (χ3n) is 19.4. The smallest absolute Gasteiger partial charge is 0.323 e. The molecule has 8 N–H and O–H groups in total. The number of alkyl halides is 12. The van der Waals surface area contributed by atoms with Gasteiger partial charge in [-0.15, -0.1) is 0 Å². The normalized spacial score (nSPS) is 11.6. The predicted molar refractivity (Wildman–Crippen MR) is 454 cm³/mol. The number of aryl methyl sites for hydroxylation is 1. The predicted octanol–water partition coefficient (Wildman–Crippen LogP) is 24.2. The van der Waals surface area contributed by atoms with E-state index in [9.17, 15) is 52.7 Å². The molecule has 22 nitrogen and oxygen atoms in total. The minimum absolute atomic E-state index is 0.0124. The summed E-state index contributed by atoms with van der Waals surface area (Å²) >= 11 is 6.36. The van der Waals surface area contributed by atoms with Gasteiger partial charge in [-0.25, -0.2) is 39.9 Å². The Morgan fingerprint density at radius 1 is 0.280 bits per heavy atom. The number of aromatic amines is 4. The van der Waals surface area contributed by atoms with Gasteiger partial charge in [-0.05, 0) is 117 Å². The molecule has 0 amide bonds. The fraction of sp³-hybridized carbons (Fsp3) is 0.0667. The van der Waals surface area contributed by atoms with Gasteiger partial charge in [-0.3, -0.25) is 30.4 Å². The maximum atomic E-state index is 13.7. The maximum absolute atomic E-state index is 13.7. The molecule has 0 aliphatic carbocycles. The van der Waals surface area contributed by atoms with Crippen LogP contribution in [0.4, 0.5) is 99.2 Å². The summed E-state index contributed by atoms with van der Waals surface area (Å²) in [6, 6.07) is 71.6. The molecular weight excluding hydrogens is 1650 g/mol. The van der Waals surface area contributed by atoms with Crippen molar-refractivity contribution in [2.75, 3.05) is 21.3 Å². The molecule has 19 rings (SSSR count). The molecule has 622 valence electrons. The van der Waals surface area contributed by atoms with Crippen molar-refractivity contribution in [2.45, 2.75) is 38.6 Å². The van der Waals surface area contributed by atoms with Crippen molar-refractivity contribution >= 4 is 102 Å². The minimum Gasteiger partial charge on any atom is -0.323 e. The Labute approximate surface area is 704 Å². The Morgan fingerprint density at radius 3 is 0.984 bits per heavy atom. The zero-order chi connectivity index (χ0) is 87.2. The fourth-order valence-electron chi connectivity index (χ4n) is 13.3. The van der Waals surface area contributed by atoms with Crippen LogP contribution in [-0.2, 0) is 24.7 Å². The van der Waals surface area contributed by atoms with Gasteiger partial charge in [0, 0.05) is 108 Å². The number of hydrogen-bond acceptors (Lipinski definition) is 18. The van der Waals surface area contributed by atoms with Crippen LogP contribution in [0.15, 0.2) is 286 Å². The summed E-state index contributed by atoms with van der Waals surface area (Å²) in [5.41, 5.74) is 3.99. The van der Waals surface area contributed by atoms with Gasteiger partial charge in [0.25, 0.3) is 0 Å². The first-order chi connectivity index (χ1) is 60.2. The van der Waals surface area contributed by atoms with E-state index in [-0.39, 0.29) is 51.4 Å². The Balaban J connectivity index is 0.000000123. The van der Waals surface area contributed by atoms with Crippen molar-refractivity contribution in [3.63, 3.8) is 0 Å². The molecule has 0 aliphatic rings. The number of benzene rings is 9. The first-order valence-electron chi connectivity index (χ1n) is 37.8. The molecule has 0 saturated carbocycles. The van der Waals surface area contributed by atoms with Crippen LogP contribution in [0.25, 0.3) is 123 Å². The summed E-state index contributed by atoms with van der Waals surface area (Å²) in [4.78, 5) is 43.4. The standard InChI is InChI=1S/C24H15ClF3N5.2C23H15F3N6.C20H16F3N5/c25-18-11-5-2-8-15(18)20-13-21(31-23-16-9-3-6-12-19(16)32-33-23)30-22(29-20)14-7-1-4-10-17(14)24(26,27)28;24-23(25,26)16-9-3-1-7-14(16)21-28-19(18-11-5-6-12-27-18)13-20(29-21)30-22-15-8-2-4-10-17(15)31-32-22;24-23(25,26)17-7-3-1-5-15(17)21-28-19(14-9-11-27-12-10-14)13-20(29-21)30-22-16-6-2-4-8-18(16)31-32-22;1-11-12(2)24-18(13-7-3-5-9-15(13)20(21,22)23)25-17(11)26-19-14-8-4-6-10-16(14)27-28-19/h1-13H,(H2,29,30,31,32,33);2*1-13H,(H2,28,29,30,31,32);3-10H,1-2H3,(H2,24,25,26,27,28). The molecule has 10 aromatic heterocycles. The largest absolute Gasteiger partial charge is 0.417 e. The van der Waals surface area contributed by atoms with Crippen molar-refractivity contribution < 1.29 is 52.7 Å². The molecule has 125 heavy (non-hydrogen) atoms. The van der Waals surface area contributed by atoms with E-state index >= 15 is 0 Å². The SMILES string of the molecule is Cc1nc(-c2ccccc2C(F)(F)F)nc(Nc2n[nH]c3ccccc23)c1C.FC(F)(F)c1ccccc1-c1nc(Nc2n[nH]c3ccccc23)cc(-c2ccccc2Cl)n1.FC(F)(F)c1ccccc1-c1nc(Nc2n[nH]c3ccccc23)cc(-c2ccccn2)n1.FC(F)(F)c1ccccc1-c1nc(Nc2n[nH]c3ccccc23)cc(-c2ccncc2)n1. The van der Waals surface area contributed by atoms with Crippen molar-refractivity contribution in [2.24, 2.45) is 0 Å². The van der Waals surface area contributed by atoms with Crippen molar-refractivity contribution in [1.29, 1.82) is 0 Å². The molecule has 0 unspecified atom stereocenters. The first kappa shape index (κ1) is 82.8. The summed E-state index contributed by atoms with van der Waals surface area (Å²) in [5.74, 6) is 3.17. The molecule has 0 fully saturated rings. The quantitative estimate of drug-likeness (QED) is 0.0443. The Morgan fingerprint density at radius 2 is 0.600 bits per heavy atom. The monoisotopic (exact) mass is 1710 g/mol. The third kappa shape index (κ3) is 18.7. The number of H-pyrrole nitrogens is 4. The summed E-state index contributed by atoms with van der Waals surface area (Å²) in [6.45, 7) is 3.55. The number of aromatic nitrogens is 18. The van der Waals surface area contributed by atoms with E-state index < -0.39 is 47.0 Å². The summed E-state index contributed by atoms with van der Waals surface area (Å²) in [5, 5.41) is 44.9. The number of halogens is 13. The Hall–Kier alpha value is -15.9. The highest BCUT2D eigenvalue weighted by Crippen LogP contribution is 2.43. The van der Waals surface area contributed by atoms with Crippen molar-refractivity contribution in [1.82, 2.24) is 90.6 Å². The van der Waals surface area contributed by atoms with Gasteiger partial charge in [0.1, 0.15) is 23.3 Å². The van der Waals surface area contributed by atoms with Gasteiger partial charge in [0.05, 0.1) is 67.1 Å². The number of pyridine rings is 2. The van der Waals surface area contributed by atoms with Gasteiger partial charge in [0.15, 0.2) is 46.6 Å². The van der Waals surface area contributed by atoms with E-state index in [1.54, 1.807) is 98.3 Å². The highest BCUT2D eigenvalue weighted by molar-refractivity contribution is 6.33. The molecule has 0 spiro atoms. The molecule has 0 aliphatic heterocycles. The maximum Gasteiger partial charge on any atom is 0.417 e. The highest BCUT2D eigenvalue weighted by Gasteiger charge is 2.38. The van der Waals surface area contributed by atoms with Crippen LogP contribution in [0.3, 0.4) is 0 Å². The second-order valence-corrected chi connectivity index (χ2v) is 28.0. The van der Waals surface area contributed by atoms with Crippen molar-refractivity contribution in [3.05, 3.63) is 324 Å². The molecule has 0 bridgehead atoms. The van der Waals surface area contributed by atoms with E-state index in [2.05, 4.69) is 112 Å². The number of nitrogens with one attached hydrogen (secondary N) is 8. The third-order valence-corrected chi connectivity index (χ3v) is 19.7. The number of para-hydroxylation sites is 4. The van der Waals surface area contributed by atoms with Crippen LogP contribution < -0.4 is 21.3 Å². The zero-order valence-electron chi connectivity index (χ0n) is 64.8. The molecule has 0 radical (unpaired) electrons. The van der Waals surface area contributed by atoms with E-state index in [0.29, 0.717) is 85.3 Å². The summed E-state index contributed by atoms with van der Waals surface area (Å²) in [6.07, 6.45) is -13.4. The lowest BCUT2D eigenvalue weighted by Gasteiger charge is -2.15. The summed E-state index contributed by atoms with van der Waals surface area (Å²) in [7, 11) is 0. The van der Waals surface area contributed by atoms with Crippen LogP contribution in [0.5, 0.6) is 0 Å². The molecular formula is C90H61ClF12N22. The van der Waals surface area contributed by atoms with Gasteiger partial charge in [-0.1, -0.05) is 157 Å². The lowest BCUT2D eigenvalue weighted by molar-refractivity contribution is -0.137. The highest BCUT2D eigenvalue weighted by atomic mass is 35.5. The second-order valence-electron chi connectivity index (χ2n) is 27.6. The summed E-state index contributed by atoms with van der Waals surface area (Å²) < 4.78 is 163. The molecule has 0 atom stereocenters. The Bertz CT molecular complexity index is 6880. The van der Waals surface area contributed by atoms with Gasteiger partial charge >= 0.3 is 24.7 Å². The molecule has 35 heteroatoms. The van der Waals surface area contributed by atoms with Crippen LogP contribution in [0, 0.1) is 13.8 Å². The zero-order valence-corrected chi connectivity index (χ0v) is 65.6. The topological polar surface area (TPSA) is 292 Å². The number of rotatable bonds is 15. The second kappa shape index (κ2) is 35.1. The van der Waals surface area contributed by atoms with Crippen LogP contribution in [0.1, 0.15) is 33.5 Å². The Kier molecular flexibility index (Phi) is 23.2. The minimum atomic E-state index is -4.56. The lowest BCUT2D eigenvalue weighted by Crippen LogP contribution is -2.09. The first-order valence-corrected chi connectivity index (χ1v) is 38.2. The average Bonchev–Trinajstić information content (AvgIpc) is 1.47. The van der Waals surface area contributed by atoms with E-state index in [4.69, 9.17) is 11.6 Å². The van der Waals surface area contributed by atoms with Gasteiger partial charge in [0.2, 0.25) is 0 Å². The molecule has 9 aromatic carbocycles. The number of fused-ring (bicyclic) bond motifs is 4. The lowest BCUT2D eigenvalue weighted by atomic mass is 10.1. The van der Waals surface area contributed by atoms with E-state index in [0.717, 1.165) is 73.4 Å². The molecule has 19 aromatic rings. The van der Waals surface area contributed by atoms with Crippen LogP contribution in [-0.4, -0.2) is 90.6 Å². The van der Waals surface area contributed by atoms with E-state index in [1.165, 1.54) is 72.8 Å². The van der Waals surface area contributed by atoms with Crippen LogP contribution in [0.2, 0.25) is 5.02 Å².